The summed E-state index contributed by atoms with van der Waals surface area (Å²) in [7, 11) is 0. The van der Waals surface area contributed by atoms with Gasteiger partial charge in [0.1, 0.15) is 11.5 Å². The number of ether oxygens (including phenoxy) is 1. The summed E-state index contributed by atoms with van der Waals surface area (Å²) in [6.45, 7) is 9.10. The van der Waals surface area contributed by atoms with Gasteiger partial charge in [-0.15, -0.1) is 24.0 Å². The van der Waals surface area contributed by atoms with E-state index in [1.54, 1.807) is 6.26 Å². The Morgan fingerprint density at radius 2 is 1.93 bits per heavy atom. The minimum atomic E-state index is 0. The molecule has 1 aromatic heterocycles. The molecule has 160 valence electrons. The maximum absolute atomic E-state index is 5.71. The van der Waals surface area contributed by atoms with Gasteiger partial charge in [-0.25, -0.2) is 4.99 Å². The number of nitrogens with one attached hydrogen (secondary N) is 2. The molecule has 1 saturated heterocycles. The number of halogens is 1. The highest BCUT2D eigenvalue weighted by molar-refractivity contribution is 14.0. The number of nitrogens with zero attached hydrogens (tertiary/aromatic N) is 2. The SMILES string of the molecule is CCNC(=NCc1ccccc1OCC)NCC(c1ccco1)N1CCCC1.I. The van der Waals surface area contributed by atoms with E-state index < -0.39 is 0 Å². The van der Waals surface area contributed by atoms with Crippen LogP contribution in [0.2, 0.25) is 0 Å². The van der Waals surface area contributed by atoms with Crippen molar-refractivity contribution in [3.63, 3.8) is 0 Å². The molecule has 1 unspecified atom stereocenters. The van der Waals surface area contributed by atoms with Crippen molar-refractivity contribution in [3.05, 3.63) is 54.0 Å². The average Bonchev–Trinajstić information content (AvgIpc) is 3.42. The lowest BCUT2D eigenvalue weighted by atomic mass is 10.2. The van der Waals surface area contributed by atoms with Crippen molar-refractivity contribution in [2.24, 2.45) is 4.99 Å². The fourth-order valence-electron chi connectivity index (χ4n) is 3.57. The van der Waals surface area contributed by atoms with E-state index >= 15 is 0 Å². The van der Waals surface area contributed by atoms with E-state index in [0.29, 0.717) is 13.2 Å². The van der Waals surface area contributed by atoms with Gasteiger partial charge >= 0.3 is 0 Å². The Hall–Kier alpha value is -1.74. The Morgan fingerprint density at radius 3 is 2.62 bits per heavy atom. The maximum Gasteiger partial charge on any atom is 0.191 e. The molecule has 2 aromatic rings. The number of guanidine groups is 1. The zero-order valence-corrected chi connectivity index (χ0v) is 19.7. The molecule has 0 saturated carbocycles. The van der Waals surface area contributed by atoms with E-state index in [1.165, 1.54) is 12.8 Å². The molecule has 6 nitrogen and oxygen atoms in total. The summed E-state index contributed by atoms with van der Waals surface area (Å²) in [5, 5.41) is 6.85. The van der Waals surface area contributed by atoms with Gasteiger partial charge in [-0.05, 0) is 58.0 Å². The van der Waals surface area contributed by atoms with E-state index in [2.05, 4.69) is 34.6 Å². The second kappa shape index (κ2) is 12.7. The van der Waals surface area contributed by atoms with Gasteiger partial charge in [-0.3, -0.25) is 4.90 Å². The van der Waals surface area contributed by atoms with Crippen molar-refractivity contribution in [2.75, 3.05) is 32.8 Å². The molecule has 0 radical (unpaired) electrons. The third-order valence-electron chi connectivity index (χ3n) is 4.94. The number of likely N-dealkylation sites (tertiary alicyclic amines) is 1. The Balaban J connectivity index is 0.00000300. The van der Waals surface area contributed by atoms with Crippen LogP contribution in [0.1, 0.15) is 44.1 Å². The fraction of sp³-hybridized carbons (Fsp3) is 0.500. The van der Waals surface area contributed by atoms with E-state index in [0.717, 1.165) is 49.2 Å². The normalized spacial score (nSPS) is 15.6. The van der Waals surface area contributed by atoms with Gasteiger partial charge < -0.3 is 19.8 Å². The van der Waals surface area contributed by atoms with E-state index in [1.807, 2.05) is 31.2 Å². The van der Waals surface area contributed by atoms with Crippen LogP contribution in [0.5, 0.6) is 5.75 Å². The molecule has 1 aliphatic heterocycles. The van der Waals surface area contributed by atoms with Crippen LogP contribution in [-0.2, 0) is 6.54 Å². The first kappa shape index (κ1) is 23.5. The molecule has 0 spiro atoms. The summed E-state index contributed by atoms with van der Waals surface area (Å²) in [5.74, 6) is 2.71. The number of aliphatic imine (C=N–C) groups is 1. The Bertz CT molecular complexity index is 730. The van der Waals surface area contributed by atoms with Crippen LogP contribution in [-0.4, -0.2) is 43.6 Å². The monoisotopic (exact) mass is 512 g/mol. The average molecular weight is 512 g/mol. The minimum Gasteiger partial charge on any atom is -0.494 e. The lowest BCUT2D eigenvalue weighted by Gasteiger charge is -2.26. The largest absolute Gasteiger partial charge is 0.494 e. The second-order valence-corrected chi connectivity index (χ2v) is 6.89. The molecule has 7 heteroatoms. The number of rotatable bonds is 9. The van der Waals surface area contributed by atoms with Gasteiger partial charge in [0.2, 0.25) is 0 Å². The van der Waals surface area contributed by atoms with E-state index in [9.17, 15) is 0 Å². The molecule has 2 heterocycles. The zero-order valence-electron chi connectivity index (χ0n) is 17.4. The smallest absolute Gasteiger partial charge is 0.191 e. The summed E-state index contributed by atoms with van der Waals surface area (Å²) in [5.41, 5.74) is 1.09. The molecular formula is C22H33IN4O2. The summed E-state index contributed by atoms with van der Waals surface area (Å²) in [4.78, 5) is 7.26. The van der Waals surface area contributed by atoms with Crippen molar-refractivity contribution in [1.29, 1.82) is 0 Å². The van der Waals surface area contributed by atoms with Crippen molar-refractivity contribution < 1.29 is 9.15 Å². The van der Waals surface area contributed by atoms with Gasteiger partial charge in [-0.2, -0.15) is 0 Å². The molecular weight excluding hydrogens is 479 g/mol. The molecule has 1 atom stereocenters. The number of para-hydroxylation sites is 1. The summed E-state index contributed by atoms with van der Waals surface area (Å²) in [6, 6.07) is 12.3. The molecule has 3 rings (SSSR count). The Kier molecular flexibility index (Phi) is 10.3. The fourth-order valence-corrected chi connectivity index (χ4v) is 3.57. The third kappa shape index (κ3) is 6.92. The first-order valence-electron chi connectivity index (χ1n) is 10.3. The van der Waals surface area contributed by atoms with Crippen molar-refractivity contribution >= 4 is 29.9 Å². The predicted octanol–water partition coefficient (Wildman–Crippen LogP) is 4.19. The van der Waals surface area contributed by atoms with Gasteiger partial charge in [0.15, 0.2) is 5.96 Å². The van der Waals surface area contributed by atoms with E-state index in [-0.39, 0.29) is 30.0 Å². The summed E-state index contributed by atoms with van der Waals surface area (Å²) >= 11 is 0. The number of furan rings is 1. The molecule has 1 aromatic carbocycles. The molecule has 29 heavy (non-hydrogen) atoms. The lowest BCUT2D eigenvalue weighted by molar-refractivity contribution is 0.215. The molecule has 1 aliphatic rings. The first-order valence-corrected chi connectivity index (χ1v) is 10.3. The Morgan fingerprint density at radius 1 is 1.14 bits per heavy atom. The minimum absolute atomic E-state index is 0. The number of hydrogen-bond acceptors (Lipinski definition) is 4. The molecule has 1 fully saturated rings. The van der Waals surface area contributed by atoms with Crippen LogP contribution >= 0.6 is 24.0 Å². The van der Waals surface area contributed by atoms with Crippen LogP contribution in [0.25, 0.3) is 0 Å². The van der Waals surface area contributed by atoms with Gasteiger partial charge in [0.25, 0.3) is 0 Å². The predicted molar refractivity (Wildman–Crippen MR) is 128 cm³/mol. The lowest BCUT2D eigenvalue weighted by Crippen LogP contribution is -2.42. The number of hydrogen-bond donors (Lipinski definition) is 2. The molecule has 0 amide bonds. The quantitative estimate of drug-likeness (QED) is 0.300. The van der Waals surface area contributed by atoms with Gasteiger partial charge in [-0.1, -0.05) is 18.2 Å². The van der Waals surface area contributed by atoms with Crippen molar-refractivity contribution in [3.8, 4) is 5.75 Å². The highest BCUT2D eigenvalue weighted by Gasteiger charge is 2.25. The van der Waals surface area contributed by atoms with Crippen LogP contribution in [0.4, 0.5) is 0 Å². The highest BCUT2D eigenvalue weighted by atomic mass is 127. The van der Waals surface area contributed by atoms with Gasteiger partial charge in [0.05, 0.1) is 25.5 Å². The van der Waals surface area contributed by atoms with Crippen LogP contribution in [0.3, 0.4) is 0 Å². The highest BCUT2D eigenvalue weighted by Crippen LogP contribution is 2.25. The standard InChI is InChI=1S/C22H32N4O2.HI/c1-3-23-22(24-16-18-10-5-6-11-20(18)27-4-2)25-17-19(21-12-9-15-28-21)26-13-7-8-14-26;/h5-6,9-12,15,19H,3-4,7-8,13-14,16-17H2,1-2H3,(H2,23,24,25);1H. The third-order valence-corrected chi connectivity index (χ3v) is 4.94. The first-order chi connectivity index (χ1) is 13.8. The maximum atomic E-state index is 5.71. The van der Waals surface area contributed by atoms with Crippen molar-refractivity contribution in [1.82, 2.24) is 15.5 Å². The molecule has 0 bridgehead atoms. The van der Waals surface area contributed by atoms with Crippen LogP contribution < -0.4 is 15.4 Å². The zero-order chi connectivity index (χ0) is 19.6. The molecule has 2 N–H and O–H groups in total. The Labute approximate surface area is 191 Å². The van der Waals surface area contributed by atoms with Gasteiger partial charge in [0, 0.05) is 18.7 Å². The van der Waals surface area contributed by atoms with Crippen molar-refractivity contribution in [2.45, 2.75) is 39.3 Å². The topological polar surface area (TPSA) is 62.0 Å². The number of benzene rings is 1. The molecule has 0 aliphatic carbocycles. The summed E-state index contributed by atoms with van der Waals surface area (Å²) < 4.78 is 11.4. The second-order valence-electron chi connectivity index (χ2n) is 6.89. The van der Waals surface area contributed by atoms with E-state index in [4.69, 9.17) is 14.1 Å². The van der Waals surface area contributed by atoms with Crippen LogP contribution in [0.15, 0.2) is 52.1 Å². The van der Waals surface area contributed by atoms with Crippen LogP contribution in [0, 0.1) is 0 Å². The summed E-state index contributed by atoms with van der Waals surface area (Å²) in [6.07, 6.45) is 4.25.